The van der Waals surface area contributed by atoms with E-state index in [1.165, 1.54) is 0 Å². The average molecular weight is 268 g/mol. The fourth-order valence-corrected chi connectivity index (χ4v) is 3.86. The van der Waals surface area contributed by atoms with Crippen molar-refractivity contribution in [3.05, 3.63) is 24.3 Å². The van der Waals surface area contributed by atoms with Crippen molar-refractivity contribution in [2.45, 2.75) is 35.5 Å². The van der Waals surface area contributed by atoms with Gasteiger partial charge >= 0.3 is 0 Å². The second-order valence-corrected chi connectivity index (χ2v) is 7.07. The van der Waals surface area contributed by atoms with Crippen LogP contribution in [0.1, 0.15) is 19.3 Å². The lowest BCUT2D eigenvalue weighted by atomic mass is 10.00. The molecule has 3 rings (SSSR count). The largest absolute Gasteiger partial charge is 0.491 e. The summed E-state index contributed by atoms with van der Waals surface area (Å²) in [6, 6.07) is 6.78. The summed E-state index contributed by atoms with van der Waals surface area (Å²) in [5, 5.41) is -0.195. The molecule has 1 saturated heterocycles. The molecule has 1 atom stereocenters. The zero-order chi connectivity index (χ0) is 12.6. The van der Waals surface area contributed by atoms with Crippen molar-refractivity contribution in [2.24, 2.45) is 0 Å². The molecule has 1 aliphatic carbocycles. The molecular weight excluding hydrogens is 252 g/mol. The van der Waals surface area contributed by atoms with Crippen LogP contribution in [0.25, 0.3) is 0 Å². The van der Waals surface area contributed by atoms with Gasteiger partial charge in [-0.1, -0.05) is 12.5 Å². The Labute approximate surface area is 107 Å². The smallest absolute Gasteiger partial charge is 0.181 e. The SMILES string of the molecule is O=S(=O)(c1cccc(OC[C@@H]2CO2)c1)C1CCC1. The van der Waals surface area contributed by atoms with Crippen LogP contribution in [0.4, 0.5) is 0 Å². The van der Waals surface area contributed by atoms with E-state index < -0.39 is 9.84 Å². The van der Waals surface area contributed by atoms with Gasteiger partial charge < -0.3 is 9.47 Å². The lowest BCUT2D eigenvalue weighted by Crippen LogP contribution is -2.28. The van der Waals surface area contributed by atoms with Gasteiger partial charge in [0, 0.05) is 0 Å². The maximum absolute atomic E-state index is 12.2. The zero-order valence-electron chi connectivity index (χ0n) is 10.0. The second-order valence-electron chi connectivity index (χ2n) is 4.84. The summed E-state index contributed by atoms with van der Waals surface area (Å²) in [5.41, 5.74) is 0. The van der Waals surface area contributed by atoms with Crippen molar-refractivity contribution < 1.29 is 17.9 Å². The van der Waals surface area contributed by atoms with E-state index in [1.807, 2.05) is 0 Å². The number of hydrogen-bond acceptors (Lipinski definition) is 4. The van der Waals surface area contributed by atoms with Crippen molar-refractivity contribution >= 4 is 9.84 Å². The second kappa shape index (κ2) is 4.55. The molecule has 0 N–H and O–H groups in total. The summed E-state index contributed by atoms with van der Waals surface area (Å²) >= 11 is 0. The van der Waals surface area contributed by atoms with Crippen LogP contribution in [0.2, 0.25) is 0 Å². The molecule has 1 aromatic rings. The molecule has 0 radical (unpaired) electrons. The Morgan fingerprint density at radius 1 is 1.33 bits per heavy atom. The minimum Gasteiger partial charge on any atom is -0.491 e. The lowest BCUT2D eigenvalue weighted by Gasteiger charge is -2.25. The van der Waals surface area contributed by atoms with Gasteiger partial charge in [-0.05, 0) is 31.0 Å². The molecular formula is C13H16O4S. The Kier molecular flexibility index (Phi) is 3.03. The minimum atomic E-state index is -3.16. The maximum atomic E-state index is 12.2. The van der Waals surface area contributed by atoms with E-state index in [1.54, 1.807) is 24.3 Å². The van der Waals surface area contributed by atoms with Crippen LogP contribution in [0, 0.1) is 0 Å². The standard InChI is InChI=1S/C13H16O4S/c14-18(15,12-4-2-5-12)13-6-1-3-10(7-13)16-8-11-9-17-11/h1,3,6-7,11-12H,2,4-5,8-9H2/t11-/m1/s1. The lowest BCUT2D eigenvalue weighted by molar-refractivity contribution is 0.262. The van der Waals surface area contributed by atoms with Gasteiger partial charge in [-0.3, -0.25) is 0 Å². The molecule has 1 aliphatic heterocycles. The molecule has 98 valence electrons. The highest BCUT2D eigenvalue weighted by molar-refractivity contribution is 7.92. The minimum absolute atomic E-state index is 0.178. The molecule has 2 aliphatic rings. The Morgan fingerprint density at radius 2 is 2.11 bits per heavy atom. The first-order chi connectivity index (χ1) is 8.66. The molecule has 0 aromatic heterocycles. The topological polar surface area (TPSA) is 55.9 Å². The molecule has 0 spiro atoms. The van der Waals surface area contributed by atoms with Gasteiger partial charge in [0.25, 0.3) is 0 Å². The number of epoxide rings is 1. The zero-order valence-corrected chi connectivity index (χ0v) is 10.9. The van der Waals surface area contributed by atoms with Crippen molar-refractivity contribution in [1.29, 1.82) is 0 Å². The first kappa shape index (κ1) is 12.0. The van der Waals surface area contributed by atoms with E-state index in [4.69, 9.17) is 9.47 Å². The van der Waals surface area contributed by atoms with Crippen LogP contribution in [-0.2, 0) is 14.6 Å². The van der Waals surface area contributed by atoms with Crippen LogP contribution in [0.15, 0.2) is 29.2 Å². The maximum Gasteiger partial charge on any atom is 0.181 e. The third kappa shape index (κ3) is 2.37. The van der Waals surface area contributed by atoms with Crippen LogP contribution in [0.3, 0.4) is 0 Å². The number of rotatable bonds is 5. The van der Waals surface area contributed by atoms with E-state index in [0.717, 1.165) is 25.9 Å². The Balaban J connectivity index is 1.76. The molecule has 5 heteroatoms. The van der Waals surface area contributed by atoms with Crippen LogP contribution in [0.5, 0.6) is 5.75 Å². The van der Waals surface area contributed by atoms with E-state index in [2.05, 4.69) is 0 Å². The van der Waals surface area contributed by atoms with Crippen LogP contribution in [-0.4, -0.2) is 33.0 Å². The third-order valence-corrected chi connectivity index (χ3v) is 5.72. The van der Waals surface area contributed by atoms with Crippen LogP contribution < -0.4 is 4.74 Å². The summed E-state index contributed by atoms with van der Waals surface area (Å²) in [6.45, 7) is 1.23. The molecule has 1 aromatic carbocycles. The number of sulfone groups is 1. The van der Waals surface area contributed by atoms with E-state index in [-0.39, 0.29) is 11.4 Å². The van der Waals surface area contributed by atoms with Crippen molar-refractivity contribution in [3.8, 4) is 5.75 Å². The molecule has 2 fully saturated rings. The Bertz CT molecular complexity index is 530. The van der Waals surface area contributed by atoms with Gasteiger partial charge in [-0.2, -0.15) is 0 Å². The van der Waals surface area contributed by atoms with Crippen molar-refractivity contribution in [1.82, 2.24) is 0 Å². The van der Waals surface area contributed by atoms with Gasteiger partial charge in [-0.25, -0.2) is 8.42 Å². The Hall–Kier alpha value is -1.07. The van der Waals surface area contributed by atoms with E-state index >= 15 is 0 Å². The normalized spacial score (nSPS) is 23.4. The monoisotopic (exact) mass is 268 g/mol. The van der Waals surface area contributed by atoms with E-state index in [0.29, 0.717) is 17.3 Å². The van der Waals surface area contributed by atoms with Crippen molar-refractivity contribution in [3.63, 3.8) is 0 Å². The quantitative estimate of drug-likeness (QED) is 0.764. The molecule has 0 amide bonds. The highest BCUT2D eigenvalue weighted by Gasteiger charge is 2.32. The summed E-state index contributed by atoms with van der Waals surface area (Å²) < 4.78 is 35.0. The van der Waals surface area contributed by atoms with Gasteiger partial charge in [-0.15, -0.1) is 0 Å². The fourth-order valence-electron chi connectivity index (χ4n) is 1.97. The predicted octanol–water partition coefficient (Wildman–Crippen LogP) is 1.79. The number of benzene rings is 1. The number of ether oxygens (including phenoxy) is 2. The van der Waals surface area contributed by atoms with E-state index in [9.17, 15) is 8.42 Å². The molecule has 0 unspecified atom stereocenters. The van der Waals surface area contributed by atoms with Crippen molar-refractivity contribution in [2.75, 3.05) is 13.2 Å². The first-order valence-electron chi connectivity index (χ1n) is 6.24. The molecule has 4 nitrogen and oxygen atoms in total. The van der Waals surface area contributed by atoms with Crippen LogP contribution >= 0.6 is 0 Å². The Morgan fingerprint density at radius 3 is 2.72 bits per heavy atom. The van der Waals surface area contributed by atoms with Gasteiger partial charge in [0.15, 0.2) is 9.84 Å². The summed E-state index contributed by atoms with van der Waals surface area (Å²) in [6.07, 6.45) is 2.75. The average Bonchev–Trinajstić information content (AvgIpc) is 3.07. The van der Waals surface area contributed by atoms with Gasteiger partial charge in [0.1, 0.15) is 18.5 Å². The summed E-state index contributed by atoms with van der Waals surface area (Å²) in [7, 11) is -3.16. The van der Waals surface area contributed by atoms with Gasteiger partial charge in [0.05, 0.1) is 16.8 Å². The van der Waals surface area contributed by atoms with Gasteiger partial charge in [0.2, 0.25) is 0 Å². The molecule has 18 heavy (non-hydrogen) atoms. The number of hydrogen-bond donors (Lipinski definition) is 0. The highest BCUT2D eigenvalue weighted by atomic mass is 32.2. The summed E-state index contributed by atoms with van der Waals surface area (Å²) in [4.78, 5) is 0.376. The molecule has 0 bridgehead atoms. The highest BCUT2D eigenvalue weighted by Crippen LogP contribution is 2.32. The predicted molar refractivity (Wildman–Crippen MR) is 66.5 cm³/mol. The third-order valence-electron chi connectivity index (χ3n) is 3.46. The fraction of sp³-hybridized carbons (Fsp3) is 0.538. The molecule has 1 heterocycles. The first-order valence-corrected chi connectivity index (χ1v) is 7.79. The summed E-state index contributed by atoms with van der Waals surface area (Å²) in [5.74, 6) is 0.603. The molecule has 1 saturated carbocycles.